The van der Waals surface area contributed by atoms with Crippen LogP contribution in [0, 0.1) is 0 Å². The molecule has 0 aliphatic heterocycles. The van der Waals surface area contributed by atoms with Crippen molar-refractivity contribution in [3.8, 4) is 0 Å². The summed E-state index contributed by atoms with van der Waals surface area (Å²) in [5.74, 6) is 0. The summed E-state index contributed by atoms with van der Waals surface area (Å²) in [7, 11) is 9.72. The van der Waals surface area contributed by atoms with Crippen LogP contribution in [0.4, 0.5) is 0 Å². The van der Waals surface area contributed by atoms with Gasteiger partial charge in [-0.3, -0.25) is 0 Å². The van der Waals surface area contributed by atoms with Crippen molar-refractivity contribution >= 4 is 60.9 Å². The zero-order valence-corrected chi connectivity index (χ0v) is 26.2. The Hall–Kier alpha value is -1.35. The molecule has 0 fully saturated rings. The van der Waals surface area contributed by atoms with Crippen LogP contribution in [0.1, 0.15) is 19.4 Å². The van der Waals surface area contributed by atoms with Gasteiger partial charge >= 0.3 is 53.0 Å². The van der Waals surface area contributed by atoms with Gasteiger partial charge in [0.25, 0.3) is 0 Å². The van der Waals surface area contributed by atoms with Crippen LogP contribution >= 0.6 is 17.0 Å². The molecular weight excluding hydrogens is 567 g/mol. The van der Waals surface area contributed by atoms with E-state index in [9.17, 15) is 0 Å². The van der Waals surface area contributed by atoms with Gasteiger partial charge in [-0.15, -0.1) is 80.8 Å². The van der Waals surface area contributed by atoms with Gasteiger partial charge in [0.2, 0.25) is 0 Å². The molecule has 0 aliphatic rings. The van der Waals surface area contributed by atoms with Crippen molar-refractivity contribution in [2.24, 2.45) is 0 Å². The Balaban J connectivity index is 0.000000162. The third-order valence-electron chi connectivity index (χ3n) is 5.58. The molecule has 0 radical (unpaired) electrons. The Morgan fingerprint density at radius 2 is 1.23 bits per heavy atom. The van der Waals surface area contributed by atoms with Gasteiger partial charge in [0.1, 0.15) is 0 Å². The molecule has 5 aromatic rings. The van der Waals surface area contributed by atoms with Crippen LogP contribution in [0.2, 0.25) is 19.6 Å². The standard InChI is InChI=1S/C14H19OSi.C13H9.C3H6.2ClH.Zr/c1-16(2,3)15-11-10-13-9-8-12-6-4-5-7-14(12)13;1-3-7-12-10(5-1)9-11-6-2-4-8-13(11)12;1-3-2;;;/h4-9H,10-11H2,1-3H3;1-9H;1-2H3;2*1H;/q2*-1;;;;+2/p-2. The number of benzene rings is 3. The molecule has 0 unspecified atom stereocenters. The van der Waals surface area contributed by atoms with Crippen LogP contribution in [-0.2, 0) is 29.7 Å². The van der Waals surface area contributed by atoms with E-state index in [1.807, 2.05) is 13.8 Å². The molecule has 0 spiro atoms. The maximum Gasteiger partial charge on any atom is 0.183 e. The molecule has 5 aromatic carbocycles. The second-order valence-corrected chi connectivity index (χ2v) is 23.6. The van der Waals surface area contributed by atoms with Gasteiger partial charge in [-0.1, -0.05) is 42.5 Å². The fourth-order valence-electron chi connectivity index (χ4n) is 3.80. The van der Waals surface area contributed by atoms with Crippen molar-refractivity contribution in [1.82, 2.24) is 0 Å². The molecule has 0 aliphatic carbocycles. The maximum atomic E-state index is 5.89. The minimum atomic E-state index is -1.84. The SMILES string of the molecule is C[C](C)=[Zr]([Cl])[Cl].C[Si](C)(C)OCCc1c[cH-]c2ccccc12.c1ccc2c(c1)[cH-]c1ccccc12. The summed E-state index contributed by atoms with van der Waals surface area (Å²) in [5.41, 5.74) is 1.41. The molecule has 0 aromatic heterocycles. The van der Waals surface area contributed by atoms with Crippen molar-refractivity contribution in [1.29, 1.82) is 0 Å². The summed E-state index contributed by atoms with van der Waals surface area (Å²) in [4.78, 5) is 0. The topological polar surface area (TPSA) is 9.23 Å². The molecule has 0 bridgehead atoms. The molecule has 0 saturated heterocycles. The third-order valence-corrected chi connectivity index (χ3v) is 13.0. The van der Waals surface area contributed by atoms with E-state index in [0.29, 0.717) is 0 Å². The van der Waals surface area contributed by atoms with Gasteiger partial charge in [0.15, 0.2) is 8.32 Å². The van der Waals surface area contributed by atoms with Crippen molar-refractivity contribution in [3.05, 3.63) is 96.6 Å². The van der Waals surface area contributed by atoms with Gasteiger partial charge < -0.3 is 4.43 Å². The molecule has 0 saturated carbocycles. The van der Waals surface area contributed by atoms with E-state index in [1.165, 1.54) is 41.1 Å². The van der Waals surface area contributed by atoms with E-state index >= 15 is 0 Å². The largest absolute Gasteiger partial charge is 0.418 e. The summed E-state index contributed by atoms with van der Waals surface area (Å²) >= 11 is -1.84. The molecule has 35 heavy (non-hydrogen) atoms. The fraction of sp³-hybridized carbons (Fsp3) is 0.233. The molecule has 0 N–H and O–H groups in total. The predicted octanol–water partition coefficient (Wildman–Crippen LogP) is 9.79. The Bertz CT molecular complexity index is 1340. The summed E-state index contributed by atoms with van der Waals surface area (Å²) in [6.45, 7) is 11.5. The number of hydrogen-bond acceptors (Lipinski definition) is 1. The van der Waals surface area contributed by atoms with E-state index in [4.69, 9.17) is 21.5 Å². The molecule has 1 nitrogen and oxygen atoms in total. The number of rotatable bonds is 4. The van der Waals surface area contributed by atoms with E-state index in [2.05, 4.69) is 111 Å². The summed E-state index contributed by atoms with van der Waals surface area (Å²) in [5, 5.41) is 8.11. The first-order chi connectivity index (χ1) is 16.7. The van der Waals surface area contributed by atoms with Gasteiger partial charge in [-0.25, -0.2) is 0 Å². The minimum absolute atomic E-state index is 0.851. The van der Waals surface area contributed by atoms with Crippen LogP contribution in [0.15, 0.2) is 91.0 Å². The Labute approximate surface area is 225 Å². The maximum absolute atomic E-state index is 5.89. The van der Waals surface area contributed by atoms with Crippen molar-refractivity contribution in [2.45, 2.75) is 39.9 Å². The molecular formula is C30H34Cl2OSiZr-2. The minimum Gasteiger partial charge on any atom is -0.418 e. The fourth-order valence-corrected chi connectivity index (χ4v) is 4.52. The van der Waals surface area contributed by atoms with Crippen LogP contribution in [-0.4, -0.2) is 18.1 Å². The van der Waals surface area contributed by atoms with Crippen molar-refractivity contribution in [3.63, 3.8) is 0 Å². The number of hydrogen-bond donors (Lipinski definition) is 0. The van der Waals surface area contributed by atoms with Crippen molar-refractivity contribution < 1.29 is 23.3 Å². The van der Waals surface area contributed by atoms with Crippen LogP contribution < -0.4 is 0 Å². The molecule has 5 heteroatoms. The summed E-state index contributed by atoms with van der Waals surface area (Å²) in [6.07, 6.45) is 1.03. The Morgan fingerprint density at radius 3 is 1.71 bits per heavy atom. The van der Waals surface area contributed by atoms with Gasteiger partial charge in [-0.05, 0) is 26.1 Å². The zero-order valence-electron chi connectivity index (χ0n) is 21.2. The van der Waals surface area contributed by atoms with Gasteiger partial charge in [0, 0.05) is 6.61 Å². The Kier molecular flexibility index (Phi) is 10.7. The Morgan fingerprint density at radius 1 is 0.771 bits per heavy atom. The molecule has 0 atom stereocenters. The van der Waals surface area contributed by atoms with Crippen LogP contribution in [0.25, 0.3) is 32.3 Å². The average Bonchev–Trinajstić information content (AvgIpc) is 3.41. The number of fused-ring (bicyclic) bond motifs is 4. The second kappa shape index (κ2) is 13.3. The third kappa shape index (κ3) is 8.62. The van der Waals surface area contributed by atoms with E-state index in [0.717, 1.165) is 13.0 Å². The molecule has 5 rings (SSSR count). The van der Waals surface area contributed by atoms with Gasteiger partial charge in [0.05, 0.1) is 0 Å². The predicted molar refractivity (Wildman–Crippen MR) is 158 cm³/mol. The van der Waals surface area contributed by atoms with E-state index in [-0.39, 0.29) is 0 Å². The first kappa shape index (κ1) is 28.2. The van der Waals surface area contributed by atoms with Gasteiger partial charge in [-0.2, -0.15) is 5.56 Å². The van der Waals surface area contributed by atoms with Crippen molar-refractivity contribution in [2.75, 3.05) is 6.61 Å². The normalized spacial score (nSPS) is 11.1. The smallest absolute Gasteiger partial charge is 0.183 e. The second-order valence-electron chi connectivity index (χ2n) is 9.74. The quantitative estimate of drug-likeness (QED) is 0.147. The van der Waals surface area contributed by atoms with E-state index in [1.54, 1.807) is 0 Å². The van der Waals surface area contributed by atoms with Crippen LogP contribution in [0.3, 0.4) is 0 Å². The zero-order chi connectivity index (χ0) is 25.4. The molecule has 184 valence electrons. The number of halogens is 2. The average molecular weight is 601 g/mol. The summed E-state index contributed by atoms with van der Waals surface area (Å²) < 4.78 is 7.13. The monoisotopic (exact) mass is 598 g/mol. The molecule has 0 heterocycles. The first-order valence-corrected chi connectivity index (χ1v) is 22.9. The van der Waals surface area contributed by atoms with E-state index < -0.39 is 27.2 Å². The van der Waals surface area contributed by atoms with Crippen LogP contribution in [0.5, 0.6) is 0 Å². The summed E-state index contributed by atoms with van der Waals surface area (Å²) in [6, 6.07) is 32.2. The molecule has 0 amide bonds. The first-order valence-electron chi connectivity index (χ1n) is 11.9.